The van der Waals surface area contributed by atoms with Crippen LogP contribution in [0.2, 0.25) is 0 Å². The quantitative estimate of drug-likeness (QED) is 0.896. The molecule has 0 amide bonds. The standard InChI is InChI=1S/C9H12F3N3O.ClH/c10-9(11,12)5-6-14-7(15-16-6)8(13)3-1-2-4-8;/h1-5,13H2;1H. The molecule has 0 aliphatic heterocycles. The molecule has 0 bridgehead atoms. The summed E-state index contributed by atoms with van der Waals surface area (Å²) >= 11 is 0. The van der Waals surface area contributed by atoms with Crippen molar-refractivity contribution in [1.82, 2.24) is 10.1 Å². The van der Waals surface area contributed by atoms with Crippen molar-refractivity contribution in [3.05, 3.63) is 11.7 Å². The minimum atomic E-state index is -4.33. The highest BCUT2D eigenvalue weighted by atomic mass is 35.5. The molecule has 17 heavy (non-hydrogen) atoms. The van der Waals surface area contributed by atoms with Crippen LogP contribution in [0, 0.1) is 0 Å². The van der Waals surface area contributed by atoms with Gasteiger partial charge in [-0.3, -0.25) is 0 Å². The predicted molar refractivity (Wildman–Crippen MR) is 55.6 cm³/mol. The number of nitrogens with two attached hydrogens (primary N) is 1. The van der Waals surface area contributed by atoms with E-state index in [0.717, 1.165) is 12.8 Å². The topological polar surface area (TPSA) is 64.9 Å². The van der Waals surface area contributed by atoms with Gasteiger partial charge < -0.3 is 10.3 Å². The summed E-state index contributed by atoms with van der Waals surface area (Å²) in [4.78, 5) is 3.73. The van der Waals surface area contributed by atoms with Crippen molar-refractivity contribution in [2.24, 2.45) is 5.73 Å². The molecule has 0 unspecified atom stereocenters. The Balaban J connectivity index is 0.00000144. The Morgan fingerprint density at radius 1 is 1.29 bits per heavy atom. The van der Waals surface area contributed by atoms with Gasteiger partial charge >= 0.3 is 6.18 Å². The molecule has 0 atom stereocenters. The second kappa shape index (κ2) is 4.81. The van der Waals surface area contributed by atoms with Crippen molar-refractivity contribution in [2.45, 2.75) is 43.8 Å². The van der Waals surface area contributed by atoms with Gasteiger partial charge in [-0.2, -0.15) is 18.2 Å². The van der Waals surface area contributed by atoms with Gasteiger partial charge in [0.1, 0.15) is 6.42 Å². The molecule has 98 valence electrons. The number of alkyl halides is 3. The van der Waals surface area contributed by atoms with Gasteiger partial charge in [-0.15, -0.1) is 12.4 Å². The van der Waals surface area contributed by atoms with Crippen LogP contribution in [0.3, 0.4) is 0 Å². The molecule has 0 radical (unpaired) electrons. The Labute approximate surface area is 102 Å². The molecule has 1 aromatic rings. The van der Waals surface area contributed by atoms with E-state index in [9.17, 15) is 13.2 Å². The molecule has 0 aromatic carbocycles. The van der Waals surface area contributed by atoms with Crippen LogP contribution in [0.15, 0.2) is 4.52 Å². The van der Waals surface area contributed by atoms with Crippen molar-refractivity contribution in [3.63, 3.8) is 0 Å². The summed E-state index contributed by atoms with van der Waals surface area (Å²) < 4.78 is 40.7. The first kappa shape index (κ1) is 14.2. The monoisotopic (exact) mass is 271 g/mol. The molecule has 1 fully saturated rings. The molecule has 1 aromatic heterocycles. The van der Waals surface area contributed by atoms with Gasteiger partial charge in [0.2, 0.25) is 5.89 Å². The number of rotatable bonds is 2. The minimum absolute atomic E-state index is 0. The smallest absolute Gasteiger partial charge is 0.339 e. The van der Waals surface area contributed by atoms with Crippen LogP contribution < -0.4 is 5.73 Å². The summed E-state index contributed by atoms with van der Waals surface area (Å²) in [5.41, 5.74) is 5.29. The fourth-order valence-electron chi connectivity index (χ4n) is 1.93. The maximum absolute atomic E-state index is 12.1. The van der Waals surface area contributed by atoms with E-state index in [1.807, 2.05) is 0 Å². The van der Waals surface area contributed by atoms with Gasteiger partial charge in [0.15, 0.2) is 5.82 Å². The van der Waals surface area contributed by atoms with Crippen LogP contribution in [0.5, 0.6) is 0 Å². The van der Waals surface area contributed by atoms with E-state index in [-0.39, 0.29) is 18.2 Å². The van der Waals surface area contributed by atoms with Crippen LogP contribution in [-0.4, -0.2) is 16.3 Å². The van der Waals surface area contributed by atoms with E-state index in [1.54, 1.807) is 0 Å². The highest BCUT2D eigenvalue weighted by Crippen LogP contribution is 2.34. The highest BCUT2D eigenvalue weighted by Gasteiger charge is 2.37. The van der Waals surface area contributed by atoms with E-state index in [0.29, 0.717) is 12.8 Å². The Morgan fingerprint density at radius 3 is 2.41 bits per heavy atom. The predicted octanol–water partition coefficient (Wildman–Crippen LogP) is 2.32. The third-order valence-electron chi connectivity index (χ3n) is 2.76. The van der Waals surface area contributed by atoms with Gasteiger partial charge in [-0.25, -0.2) is 0 Å². The lowest BCUT2D eigenvalue weighted by Gasteiger charge is -2.17. The van der Waals surface area contributed by atoms with Gasteiger partial charge in [-0.05, 0) is 12.8 Å². The number of hydrogen-bond acceptors (Lipinski definition) is 4. The fraction of sp³-hybridized carbons (Fsp3) is 0.778. The summed E-state index contributed by atoms with van der Waals surface area (Å²) in [5.74, 6) is -0.219. The largest absolute Gasteiger partial charge is 0.397 e. The van der Waals surface area contributed by atoms with Gasteiger partial charge in [-0.1, -0.05) is 18.0 Å². The molecular weight excluding hydrogens is 259 g/mol. The number of halogens is 4. The lowest BCUT2D eigenvalue weighted by atomic mass is 9.99. The summed E-state index contributed by atoms with van der Waals surface area (Å²) in [7, 11) is 0. The average molecular weight is 272 g/mol. The summed E-state index contributed by atoms with van der Waals surface area (Å²) in [6.07, 6.45) is -2.26. The van der Waals surface area contributed by atoms with Crippen LogP contribution >= 0.6 is 12.4 Å². The SMILES string of the molecule is Cl.NC1(c2noc(CC(F)(F)F)n2)CCCC1. The molecule has 8 heteroatoms. The first-order valence-corrected chi connectivity index (χ1v) is 5.08. The molecular formula is C9H13ClF3N3O. The van der Waals surface area contributed by atoms with E-state index in [1.165, 1.54) is 0 Å². The lowest BCUT2D eigenvalue weighted by molar-refractivity contribution is -0.131. The summed E-state index contributed by atoms with van der Waals surface area (Å²) in [6, 6.07) is 0. The Morgan fingerprint density at radius 2 is 1.88 bits per heavy atom. The zero-order chi connectivity index (χ0) is 11.8. The molecule has 0 saturated heterocycles. The zero-order valence-electron chi connectivity index (χ0n) is 8.96. The van der Waals surface area contributed by atoms with Crippen LogP contribution in [0.25, 0.3) is 0 Å². The highest BCUT2D eigenvalue weighted by molar-refractivity contribution is 5.85. The molecule has 2 N–H and O–H groups in total. The lowest BCUT2D eigenvalue weighted by Crippen LogP contribution is -2.34. The van der Waals surface area contributed by atoms with Gasteiger partial charge in [0.25, 0.3) is 0 Å². The summed E-state index contributed by atoms with van der Waals surface area (Å²) in [6.45, 7) is 0. The van der Waals surface area contributed by atoms with E-state index < -0.39 is 24.0 Å². The number of nitrogens with zero attached hydrogens (tertiary/aromatic N) is 2. The minimum Gasteiger partial charge on any atom is -0.339 e. The molecule has 1 heterocycles. The Hall–Kier alpha value is -0.820. The fourth-order valence-corrected chi connectivity index (χ4v) is 1.93. The van der Waals surface area contributed by atoms with Gasteiger partial charge in [0, 0.05) is 0 Å². The Bertz CT molecular complexity index is 374. The average Bonchev–Trinajstić information content (AvgIpc) is 2.72. The third-order valence-corrected chi connectivity index (χ3v) is 2.76. The maximum Gasteiger partial charge on any atom is 0.397 e. The van der Waals surface area contributed by atoms with Crippen molar-refractivity contribution < 1.29 is 17.7 Å². The van der Waals surface area contributed by atoms with E-state index in [2.05, 4.69) is 14.7 Å². The summed E-state index contributed by atoms with van der Waals surface area (Å²) in [5, 5.41) is 3.54. The molecule has 4 nitrogen and oxygen atoms in total. The third kappa shape index (κ3) is 3.32. The second-order valence-electron chi connectivity index (χ2n) is 4.17. The van der Waals surface area contributed by atoms with Crippen molar-refractivity contribution in [1.29, 1.82) is 0 Å². The van der Waals surface area contributed by atoms with Crippen molar-refractivity contribution >= 4 is 12.4 Å². The van der Waals surface area contributed by atoms with E-state index in [4.69, 9.17) is 5.73 Å². The maximum atomic E-state index is 12.1. The molecule has 0 spiro atoms. The van der Waals surface area contributed by atoms with Crippen molar-refractivity contribution in [2.75, 3.05) is 0 Å². The Kier molecular flexibility index (Phi) is 4.03. The number of hydrogen-bond donors (Lipinski definition) is 1. The normalized spacial score (nSPS) is 19.1. The first-order valence-electron chi connectivity index (χ1n) is 5.08. The zero-order valence-corrected chi connectivity index (χ0v) is 9.77. The van der Waals surface area contributed by atoms with Gasteiger partial charge in [0.05, 0.1) is 5.54 Å². The first-order chi connectivity index (χ1) is 7.39. The van der Waals surface area contributed by atoms with Crippen molar-refractivity contribution in [3.8, 4) is 0 Å². The molecule has 2 rings (SSSR count). The molecule has 1 aliphatic rings. The number of aromatic nitrogens is 2. The van der Waals surface area contributed by atoms with Crippen LogP contribution in [-0.2, 0) is 12.0 Å². The molecule has 1 aliphatic carbocycles. The van der Waals surface area contributed by atoms with Crippen LogP contribution in [0.4, 0.5) is 13.2 Å². The second-order valence-corrected chi connectivity index (χ2v) is 4.17. The van der Waals surface area contributed by atoms with E-state index >= 15 is 0 Å². The van der Waals surface area contributed by atoms with Crippen LogP contribution in [0.1, 0.15) is 37.4 Å². The molecule has 1 saturated carbocycles.